The molecule has 6 nitrogen and oxygen atoms in total. The first-order chi connectivity index (χ1) is 14.9. The number of halogens is 1. The summed E-state index contributed by atoms with van der Waals surface area (Å²) in [5, 5.41) is 3.68. The summed E-state index contributed by atoms with van der Waals surface area (Å²) in [5.41, 5.74) is 2.41. The third kappa shape index (κ3) is 4.64. The number of carbonyl (C=O) groups is 2. The summed E-state index contributed by atoms with van der Waals surface area (Å²) in [7, 11) is 0. The topological polar surface area (TPSA) is 81.4 Å². The van der Waals surface area contributed by atoms with Gasteiger partial charge in [0.25, 0.3) is 5.91 Å². The first kappa shape index (κ1) is 21.1. The Labute approximate surface area is 185 Å². The Morgan fingerprint density at radius 1 is 1.23 bits per heavy atom. The van der Waals surface area contributed by atoms with Crippen molar-refractivity contribution in [2.75, 3.05) is 6.61 Å². The highest BCUT2D eigenvalue weighted by Crippen LogP contribution is 2.54. The zero-order valence-corrected chi connectivity index (χ0v) is 18.1. The zero-order valence-electron chi connectivity index (χ0n) is 17.4. The predicted molar refractivity (Wildman–Crippen MR) is 117 cm³/mol. The lowest BCUT2D eigenvalue weighted by molar-refractivity contribution is -0.143. The molecule has 1 fully saturated rings. The Hall–Kier alpha value is -3.12. The number of oxazole rings is 1. The van der Waals surface area contributed by atoms with Crippen LogP contribution >= 0.6 is 11.6 Å². The Morgan fingerprint density at radius 3 is 2.65 bits per heavy atom. The number of nitrogens with zero attached hydrogens (tertiary/aromatic N) is 1. The average molecular weight is 439 g/mol. The molecule has 1 saturated carbocycles. The molecular formula is C24H23ClN2O4. The lowest BCUT2D eigenvalue weighted by atomic mass is 9.99. The van der Waals surface area contributed by atoms with Crippen molar-refractivity contribution < 1.29 is 18.7 Å². The van der Waals surface area contributed by atoms with Gasteiger partial charge in [-0.3, -0.25) is 9.59 Å². The molecule has 3 aromatic rings. The van der Waals surface area contributed by atoms with Crippen molar-refractivity contribution >= 4 is 23.5 Å². The van der Waals surface area contributed by atoms with Crippen molar-refractivity contribution in [1.29, 1.82) is 0 Å². The van der Waals surface area contributed by atoms with Gasteiger partial charge in [0.15, 0.2) is 5.89 Å². The minimum Gasteiger partial charge on any atom is -0.466 e. The molecule has 1 aliphatic carbocycles. The summed E-state index contributed by atoms with van der Waals surface area (Å²) < 4.78 is 10.5. The van der Waals surface area contributed by atoms with Crippen LogP contribution in [-0.2, 0) is 9.53 Å². The number of hydrogen-bond acceptors (Lipinski definition) is 5. The van der Waals surface area contributed by atoms with E-state index in [-0.39, 0.29) is 30.0 Å². The van der Waals surface area contributed by atoms with E-state index in [1.54, 1.807) is 13.8 Å². The molecule has 0 spiro atoms. The van der Waals surface area contributed by atoms with Crippen molar-refractivity contribution in [3.63, 3.8) is 0 Å². The first-order valence-electron chi connectivity index (χ1n) is 10.2. The molecule has 1 aromatic heterocycles. The minimum atomic E-state index is -0.707. The molecule has 160 valence electrons. The van der Waals surface area contributed by atoms with Crippen molar-refractivity contribution in [2.45, 2.75) is 38.1 Å². The summed E-state index contributed by atoms with van der Waals surface area (Å²) in [6, 6.07) is 15.8. The van der Waals surface area contributed by atoms with E-state index in [4.69, 9.17) is 20.8 Å². The largest absolute Gasteiger partial charge is 0.466 e. The monoisotopic (exact) mass is 438 g/mol. The molecule has 0 aliphatic heterocycles. The van der Waals surface area contributed by atoms with Gasteiger partial charge in [0, 0.05) is 17.9 Å². The van der Waals surface area contributed by atoms with Gasteiger partial charge >= 0.3 is 5.97 Å². The maximum Gasteiger partial charge on any atom is 0.308 e. The lowest BCUT2D eigenvalue weighted by Gasteiger charge is -2.18. The van der Waals surface area contributed by atoms with E-state index in [1.807, 2.05) is 48.5 Å². The van der Waals surface area contributed by atoms with Crippen LogP contribution in [0.1, 0.15) is 47.7 Å². The summed E-state index contributed by atoms with van der Waals surface area (Å²) in [6.07, 6.45) is 2.13. The second-order valence-corrected chi connectivity index (χ2v) is 8.16. The van der Waals surface area contributed by atoms with Gasteiger partial charge in [-0.05, 0) is 42.2 Å². The molecule has 1 heterocycles. The van der Waals surface area contributed by atoms with Crippen LogP contribution in [0.25, 0.3) is 11.1 Å². The molecule has 0 saturated heterocycles. The molecule has 2 unspecified atom stereocenters. The maximum atomic E-state index is 12.7. The summed E-state index contributed by atoms with van der Waals surface area (Å²) >= 11 is 6.10. The second kappa shape index (κ2) is 8.55. The smallest absolute Gasteiger partial charge is 0.308 e. The fraction of sp³-hybridized carbons (Fsp3) is 0.292. The van der Waals surface area contributed by atoms with Crippen LogP contribution in [0, 0.1) is 6.92 Å². The third-order valence-electron chi connectivity index (χ3n) is 5.52. The zero-order chi connectivity index (χ0) is 22.0. The van der Waals surface area contributed by atoms with Crippen LogP contribution in [0.3, 0.4) is 0 Å². The van der Waals surface area contributed by atoms with Crippen LogP contribution < -0.4 is 5.32 Å². The van der Waals surface area contributed by atoms with Crippen LogP contribution in [0.2, 0.25) is 5.02 Å². The number of benzene rings is 2. The number of carbonyl (C=O) groups excluding carboxylic acids is 2. The van der Waals surface area contributed by atoms with Gasteiger partial charge in [0.2, 0.25) is 5.76 Å². The van der Waals surface area contributed by atoms with Gasteiger partial charge in [0.1, 0.15) is 0 Å². The molecule has 1 aliphatic rings. The molecule has 7 heteroatoms. The van der Waals surface area contributed by atoms with Gasteiger partial charge in [-0.2, -0.15) is 0 Å². The standard InChI is InChI=1S/C24H23ClN2O4/c1-3-30-22(28)13-24(27-23(29)21-14-26-15(2)31-21)12-20(24)17-9-7-16(8-10-17)18-5-4-6-19(25)11-18/h4-11,14,20H,3,12-13H2,1-2H3,(H,27,29). The summed E-state index contributed by atoms with van der Waals surface area (Å²) in [4.78, 5) is 28.9. The van der Waals surface area contributed by atoms with Gasteiger partial charge in [-0.25, -0.2) is 4.98 Å². The number of aryl methyl sites for hydroxylation is 1. The van der Waals surface area contributed by atoms with E-state index < -0.39 is 5.54 Å². The Bertz CT molecular complexity index is 1110. The molecular weight excluding hydrogens is 416 g/mol. The molecule has 4 rings (SSSR count). The fourth-order valence-corrected chi connectivity index (χ4v) is 4.11. The number of esters is 1. The Kier molecular flexibility index (Phi) is 5.83. The molecule has 2 aromatic carbocycles. The number of aromatic nitrogens is 1. The molecule has 1 amide bonds. The van der Waals surface area contributed by atoms with E-state index in [2.05, 4.69) is 10.3 Å². The van der Waals surface area contributed by atoms with E-state index >= 15 is 0 Å². The molecule has 0 radical (unpaired) electrons. The predicted octanol–water partition coefficient (Wildman–Crippen LogP) is 4.91. The number of ether oxygens (including phenoxy) is 1. The van der Waals surface area contributed by atoms with Crippen LogP contribution in [0.5, 0.6) is 0 Å². The van der Waals surface area contributed by atoms with Crippen molar-refractivity contribution in [3.05, 3.63) is 77.0 Å². The maximum absolute atomic E-state index is 12.7. The summed E-state index contributed by atoms with van der Waals surface area (Å²) in [5.74, 6) is -0.188. The molecule has 0 bridgehead atoms. The third-order valence-corrected chi connectivity index (χ3v) is 5.75. The quantitative estimate of drug-likeness (QED) is 0.530. The van der Waals surface area contributed by atoms with Gasteiger partial charge < -0.3 is 14.5 Å². The second-order valence-electron chi connectivity index (χ2n) is 7.72. The van der Waals surface area contributed by atoms with Crippen LogP contribution in [0.15, 0.2) is 59.1 Å². The first-order valence-corrected chi connectivity index (χ1v) is 10.5. The Morgan fingerprint density at radius 2 is 2.00 bits per heavy atom. The lowest BCUT2D eigenvalue weighted by Crippen LogP contribution is -2.40. The Balaban J connectivity index is 1.55. The highest BCUT2D eigenvalue weighted by molar-refractivity contribution is 6.30. The van der Waals surface area contributed by atoms with Gasteiger partial charge in [0.05, 0.1) is 24.8 Å². The number of amides is 1. The van der Waals surface area contributed by atoms with Crippen molar-refractivity contribution in [1.82, 2.24) is 10.3 Å². The summed E-state index contributed by atoms with van der Waals surface area (Å²) in [6.45, 7) is 3.73. The normalized spacial score (nSPS) is 19.6. The average Bonchev–Trinajstić information content (AvgIpc) is 3.24. The van der Waals surface area contributed by atoms with E-state index in [1.165, 1.54) is 6.20 Å². The number of nitrogens with one attached hydrogen (secondary N) is 1. The van der Waals surface area contributed by atoms with Crippen LogP contribution in [0.4, 0.5) is 0 Å². The fourth-order valence-electron chi connectivity index (χ4n) is 3.92. The van der Waals surface area contributed by atoms with Gasteiger partial charge in [-0.1, -0.05) is 48.0 Å². The minimum absolute atomic E-state index is 0.00159. The van der Waals surface area contributed by atoms with E-state index in [0.29, 0.717) is 23.9 Å². The molecule has 2 atom stereocenters. The van der Waals surface area contributed by atoms with Crippen LogP contribution in [-0.4, -0.2) is 29.0 Å². The van der Waals surface area contributed by atoms with Crippen molar-refractivity contribution in [3.8, 4) is 11.1 Å². The number of hydrogen-bond donors (Lipinski definition) is 1. The van der Waals surface area contributed by atoms with E-state index in [9.17, 15) is 9.59 Å². The SMILES string of the molecule is CCOC(=O)CC1(NC(=O)c2cnc(C)o2)CC1c1ccc(-c2cccc(Cl)c2)cc1. The highest BCUT2D eigenvalue weighted by Gasteiger charge is 2.57. The van der Waals surface area contributed by atoms with E-state index in [0.717, 1.165) is 16.7 Å². The van der Waals surface area contributed by atoms with Gasteiger partial charge in [-0.15, -0.1) is 0 Å². The number of rotatable bonds is 7. The molecule has 31 heavy (non-hydrogen) atoms. The highest BCUT2D eigenvalue weighted by atomic mass is 35.5. The molecule has 1 N–H and O–H groups in total. The van der Waals surface area contributed by atoms with Crippen molar-refractivity contribution in [2.24, 2.45) is 0 Å².